The van der Waals surface area contributed by atoms with Crippen molar-refractivity contribution in [3.8, 4) is 5.88 Å². The van der Waals surface area contributed by atoms with E-state index in [2.05, 4.69) is 38.5 Å². The first-order valence-corrected chi connectivity index (χ1v) is 6.93. The molecule has 3 rings (SSSR count). The van der Waals surface area contributed by atoms with Gasteiger partial charge in [-0.25, -0.2) is 0 Å². The predicted octanol–water partition coefficient (Wildman–Crippen LogP) is 2.86. The van der Waals surface area contributed by atoms with Gasteiger partial charge >= 0.3 is 0 Å². The lowest BCUT2D eigenvalue weighted by Gasteiger charge is -2.05. The van der Waals surface area contributed by atoms with Crippen LogP contribution >= 0.6 is 0 Å². The SMILES string of the molecule is COc1cncc(Nc2cc([C@H]3CCC(C)C3)[nH]n2)n1. The largest absolute Gasteiger partial charge is 0.480 e. The van der Waals surface area contributed by atoms with E-state index in [1.807, 2.05) is 0 Å². The van der Waals surface area contributed by atoms with Gasteiger partial charge in [-0.15, -0.1) is 0 Å². The second-order valence-corrected chi connectivity index (χ2v) is 5.40. The van der Waals surface area contributed by atoms with E-state index in [4.69, 9.17) is 4.74 Å². The van der Waals surface area contributed by atoms with E-state index in [9.17, 15) is 0 Å². The van der Waals surface area contributed by atoms with Crippen molar-refractivity contribution < 1.29 is 4.74 Å². The third-order valence-corrected chi connectivity index (χ3v) is 3.81. The summed E-state index contributed by atoms with van der Waals surface area (Å²) in [6, 6.07) is 2.06. The summed E-state index contributed by atoms with van der Waals surface area (Å²) in [4.78, 5) is 8.31. The average molecular weight is 273 g/mol. The van der Waals surface area contributed by atoms with Crippen LogP contribution in [0.2, 0.25) is 0 Å². The van der Waals surface area contributed by atoms with Crippen LogP contribution in [0.5, 0.6) is 5.88 Å². The Morgan fingerprint density at radius 2 is 2.20 bits per heavy atom. The Hall–Kier alpha value is -2.11. The van der Waals surface area contributed by atoms with Crippen LogP contribution in [0.1, 0.15) is 37.8 Å². The topological polar surface area (TPSA) is 75.7 Å². The molecule has 1 saturated carbocycles. The Balaban J connectivity index is 1.70. The first-order valence-electron chi connectivity index (χ1n) is 6.93. The van der Waals surface area contributed by atoms with Crippen LogP contribution in [0, 0.1) is 5.92 Å². The highest BCUT2D eigenvalue weighted by atomic mass is 16.5. The van der Waals surface area contributed by atoms with E-state index >= 15 is 0 Å². The highest BCUT2D eigenvalue weighted by Crippen LogP contribution is 2.37. The van der Waals surface area contributed by atoms with Gasteiger partial charge in [-0.1, -0.05) is 13.3 Å². The van der Waals surface area contributed by atoms with E-state index in [0.29, 0.717) is 17.6 Å². The summed E-state index contributed by atoms with van der Waals surface area (Å²) >= 11 is 0. The summed E-state index contributed by atoms with van der Waals surface area (Å²) in [6.07, 6.45) is 6.99. The molecular weight excluding hydrogens is 254 g/mol. The molecule has 20 heavy (non-hydrogen) atoms. The van der Waals surface area contributed by atoms with Gasteiger partial charge < -0.3 is 10.1 Å². The minimum absolute atomic E-state index is 0.482. The monoisotopic (exact) mass is 273 g/mol. The zero-order valence-electron chi connectivity index (χ0n) is 11.8. The van der Waals surface area contributed by atoms with E-state index in [0.717, 1.165) is 11.7 Å². The summed E-state index contributed by atoms with van der Waals surface area (Å²) in [5, 5.41) is 10.6. The van der Waals surface area contributed by atoms with E-state index in [-0.39, 0.29) is 0 Å². The average Bonchev–Trinajstić information content (AvgIpc) is 3.08. The number of hydrogen-bond acceptors (Lipinski definition) is 5. The highest BCUT2D eigenvalue weighted by molar-refractivity contribution is 5.51. The fourth-order valence-corrected chi connectivity index (χ4v) is 2.74. The molecule has 0 amide bonds. The number of rotatable bonds is 4. The molecule has 0 saturated heterocycles. The second kappa shape index (κ2) is 5.48. The van der Waals surface area contributed by atoms with Crippen LogP contribution in [0.3, 0.4) is 0 Å². The van der Waals surface area contributed by atoms with Crippen LogP contribution in [0.15, 0.2) is 18.5 Å². The van der Waals surface area contributed by atoms with Crippen molar-refractivity contribution >= 4 is 11.6 Å². The van der Waals surface area contributed by atoms with Gasteiger partial charge in [0.1, 0.15) is 0 Å². The Kier molecular flexibility index (Phi) is 3.54. The van der Waals surface area contributed by atoms with Crippen molar-refractivity contribution in [2.45, 2.75) is 32.1 Å². The fraction of sp³-hybridized carbons (Fsp3) is 0.500. The predicted molar refractivity (Wildman–Crippen MR) is 76.2 cm³/mol. The zero-order chi connectivity index (χ0) is 13.9. The van der Waals surface area contributed by atoms with Crippen molar-refractivity contribution in [1.82, 2.24) is 20.2 Å². The number of methoxy groups -OCH3 is 1. The van der Waals surface area contributed by atoms with E-state index in [1.54, 1.807) is 19.5 Å². The van der Waals surface area contributed by atoms with Crippen molar-refractivity contribution in [3.63, 3.8) is 0 Å². The molecule has 0 radical (unpaired) electrons. The molecule has 2 aromatic rings. The van der Waals surface area contributed by atoms with Crippen molar-refractivity contribution in [1.29, 1.82) is 0 Å². The van der Waals surface area contributed by atoms with E-state index < -0.39 is 0 Å². The number of ether oxygens (including phenoxy) is 1. The van der Waals surface area contributed by atoms with Gasteiger partial charge in [0.25, 0.3) is 0 Å². The molecule has 2 heterocycles. The maximum Gasteiger partial charge on any atom is 0.233 e. The molecule has 0 spiro atoms. The summed E-state index contributed by atoms with van der Waals surface area (Å²) in [7, 11) is 1.57. The number of hydrogen-bond donors (Lipinski definition) is 2. The van der Waals surface area contributed by atoms with Gasteiger partial charge in [0.15, 0.2) is 11.6 Å². The Morgan fingerprint density at radius 1 is 1.30 bits per heavy atom. The Labute approximate surface area is 118 Å². The van der Waals surface area contributed by atoms with Crippen molar-refractivity contribution in [3.05, 3.63) is 24.2 Å². The Bertz CT molecular complexity index is 582. The molecule has 2 atom stereocenters. The number of H-pyrrole nitrogens is 1. The molecule has 0 bridgehead atoms. The maximum absolute atomic E-state index is 5.05. The quantitative estimate of drug-likeness (QED) is 0.895. The third kappa shape index (κ3) is 2.74. The normalized spacial score (nSPS) is 21.9. The lowest BCUT2D eigenvalue weighted by Crippen LogP contribution is -1.97. The molecule has 0 aromatic carbocycles. The lowest BCUT2D eigenvalue weighted by molar-refractivity contribution is 0.396. The molecule has 1 fully saturated rings. The standard InChI is InChI=1S/C14H19N5O/c1-9-3-4-10(5-9)11-6-12(19-18-11)16-13-7-15-8-14(17-13)20-2/h6-10H,3-5H2,1-2H3,(H2,16,17,18,19)/t9?,10-/m0/s1. The Morgan fingerprint density at radius 3 is 2.95 bits per heavy atom. The molecule has 6 heteroatoms. The number of anilines is 2. The molecular formula is C14H19N5O. The van der Waals surface area contributed by atoms with Gasteiger partial charge in [0.2, 0.25) is 5.88 Å². The van der Waals surface area contributed by atoms with Gasteiger partial charge in [-0.05, 0) is 18.8 Å². The van der Waals surface area contributed by atoms with Gasteiger partial charge in [0.05, 0.1) is 19.5 Å². The van der Waals surface area contributed by atoms with Crippen molar-refractivity contribution in [2.75, 3.05) is 12.4 Å². The first-order chi connectivity index (χ1) is 9.74. The van der Waals surface area contributed by atoms with Crippen molar-refractivity contribution in [2.24, 2.45) is 5.92 Å². The summed E-state index contributed by atoms with van der Waals surface area (Å²) in [5.74, 6) is 3.29. The fourth-order valence-electron chi connectivity index (χ4n) is 2.74. The molecule has 1 unspecified atom stereocenters. The smallest absolute Gasteiger partial charge is 0.233 e. The molecule has 106 valence electrons. The molecule has 2 N–H and O–H groups in total. The maximum atomic E-state index is 5.05. The van der Waals surface area contributed by atoms with Gasteiger partial charge in [-0.3, -0.25) is 10.1 Å². The molecule has 0 aliphatic heterocycles. The molecule has 1 aliphatic carbocycles. The summed E-state index contributed by atoms with van der Waals surface area (Å²) in [6.45, 7) is 2.31. The second-order valence-electron chi connectivity index (χ2n) is 5.40. The molecule has 6 nitrogen and oxygen atoms in total. The van der Waals surface area contributed by atoms with Crippen LogP contribution in [-0.4, -0.2) is 27.3 Å². The number of nitrogens with zero attached hydrogens (tertiary/aromatic N) is 3. The number of nitrogens with one attached hydrogen (secondary N) is 2. The number of aromatic amines is 1. The first kappa shape index (κ1) is 12.9. The van der Waals surface area contributed by atoms with Crippen LogP contribution < -0.4 is 10.1 Å². The number of aromatic nitrogens is 4. The minimum atomic E-state index is 0.482. The van der Waals surface area contributed by atoms with Gasteiger partial charge in [-0.2, -0.15) is 10.1 Å². The summed E-state index contributed by atoms with van der Waals surface area (Å²) in [5.41, 5.74) is 1.20. The van der Waals surface area contributed by atoms with E-state index in [1.165, 1.54) is 25.0 Å². The lowest BCUT2D eigenvalue weighted by atomic mass is 10.0. The summed E-state index contributed by atoms with van der Waals surface area (Å²) < 4.78 is 5.05. The highest BCUT2D eigenvalue weighted by Gasteiger charge is 2.24. The molecule has 2 aromatic heterocycles. The van der Waals surface area contributed by atoms with Crippen LogP contribution in [0.4, 0.5) is 11.6 Å². The minimum Gasteiger partial charge on any atom is -0.480 e. The van der Waals surface area contributed by atoms with Gasteiger partial charge in [0, 0.05) is 17.7 Å². The zero-order valence-corrected chi connectivity index (χ0v) is 11.8. The molecule has 1 aliphatic rings. The van der Waals surface area contributed by atoms with Crippen LogP contribution in [0.25, 0.3) is 0 Å². The third-order valence-electron chi connectivity index (χ3n) is 3.81. The van der Waals surface area contributed by atoms with Crippen LogP contribution in [-0.2, 0) is 0 Å².